The van der Waals surface area contributed by atoms with Crippen LogP contribution in [0, 0.1) is 12.8 Å². The molecular formula is C22H26ClN3O2. The fourth-order valence-corrected chi connectivity index (χ4v) is 3.76. The maximum absolute atomic E-state index is 12.8. The molecule has 148 valence electrons. The zero-order valence-electron chi connectivity index (χ0n) is 16.5. The van der Waals surface area contributed by atoms with E-state index in [2.05, 4.69) is 10.2 Å². The summed E-state index contributed by atoms with van der Waals surface area (Å²) < 4.78 is 0. The topological polar surface area (TPSA) is 52.7 Å². The van der Waals surface area contributed by atoms with E-state index in [4.69, 9.17) is 11.6 Å². The molecule has 28 heavy (non-hydrogen) atoms. The molecule has 1 fully saturated rings. The molecule has 5 nitrogen and oxygen atoms in total. The van der Waals surface area contributed by atoms with Crippen molar-refractivity contribution in [2.45, 2.75) is 20.8 Å². The summed E-state index contributed by atoms with van der Waals surface area (Å²) in [6.45, 7) is 8.40. The summed E-state index contributed by atoms with van der Waals surface area (Å²) in [4.78, 5) is 29.0. The van der Waals surface area contributed by atoms with Gasteiger partial charge in [0.25, 0.3) is 5.91 Å². The highest BCUT2D eigenvalue weighted by atomic mass is 35.5. The number of carbonyl (C=O) groups excluding carboxylic acids is 2. The van der Waals surface area contributed by atoms with Crippen LogP contribution < -0.4 is 10.2 Å². The van der Waals surface area contributed by atoms with Crippen LogP contribution in [0.1, 0.15) is 29.8 Å². The van der Waals surface area contributed by atoms with Gasteiger partial charge in [-0.25, -0.2) is 0 Å². The van der Waals surface area contributed by atoms with Crippen LogP contribution in [0.5, 0.6) is 0 Å². The molecule has 1 saturated heterocycles. The van der Waals surface area contributed by atoms with Crippen LogP contribution in [0.15, 0.2) is 42.5 Å². The molecule has 2 aromatic carbocycles. The highest BCUT2D eigenvalue weighted by molar-refractivity contribution is 6.34. The zero-order valence-corrected chi connectivity index (χ0v) is 17.3. The van der Waals surface area contributed by atoms with Gasteiger partial charge < -0.3 is 15.1 Å². The number of hydrogen-bond acceptors (Lipinski definition) is 3. The number of nitrogens with one attached hydrogen (secondary N) is 1. The lowest BCUT2D eigenvalue weighted by Gasteiger charge is -2.38. The Hall–Kier alpha value is -2.53. The number of carbonyl (C=O) groups is 2. The van der Waals surface area contributed by atoms with Gasteiger partial charge in [-0.1, -0.05) is 49.7 Å². The van der Waals surface area contributed by atoms with Crippen molar-refractivity contribution >= 4 is 34.8 Å². The van der Waals surface area contributed by atoms with Crippen molar-refractivity contribution in [2.24, 2.45) is 5.92 Å². The molecule has 2 aromatic rings. The van der Waals surface area contributed by atoms with Crippen molar-refractivity contribution in [3.8, 4) is 0 Å². The Bertz CT molecular complexity index is 874. The molecule has 0 aromatic heterocycles. The summed E-state index contributed by atoms with van der Waals surface area (Å²) in [6, 6.07) is 13.0. The van der Waals surface area contributed by atoms with Crippen LogP contribution in [0.25, 0.3) is 0 Å². The average molecular weight is 400 g/mol. The second-order valence-electron chi connectivity index (χ2n) is 7.37. The molecule has 1 N–H and O–H groups in total. The average Bonchev–Trinajstić information content (AvgIpc) is 2.68. The van der Waals surface area contributed by atoms with E-state index in [1.54, 1.807) is 0 Å². The van der Waals surface area contributed by atoms with Crippen molar-refractivity contribution < 1.29 is 9.59 Å². The molecule has 1 aliphatic heterocycles. The lowest BCUT2D eigenvalue weighted by molar-refractivity contribution is -0.134. The molecule has 0 bridgehead atoms. The van der Waals surface area contributed by atoms with Gasteiger partial charge in [-0.05, 0) is 30.7 Å². The third-order valence-corrected chi connectivity index (χ3v) is 5.33. The van der Waals surface area contributed by atoms with Crippen LogP contribution >= 0.6 is 11.6 Å². The Balaban J connectivity index is 1.79. The first-order chi connectivity index (χ1) is 13.4. The minimum absolute atomic E-state index is 0.00387. The van der Waals surface area contributed by atoms with Gasteiger partial charge in [0.1, 0.15) is 0 Å². The standard InChI is InChI=1S/C22H26ClN3O2/c1-15(2)22(28)26-13-11-25(12-14-26)20-18(23)9-6-10-19(20)24-21(27)17-8-5-4-7-16(17)3/h4-10,15H,11-14H2,1-3H3,(H,24,27). The van der Waals surface area contributed by atoms with Crippen molar-refractivity contribution in [1.29, 1.82) is 0 Å². The minimum atomic E-state index is -0.157. The molecule has 0 radical (unpaired) electrons. The Morgan fingerprint density at radius 3 is 2.32 bits per heavy atom. The van der Waals surface area contributed by atoms with E-state index in [9.17, 15) is 9.59 Å². The van der Waals surface area contributed by atoms with Gasteiger partial charge in [-0.15, -0.1) is 0 Å². The number of para-hydroxylation sites is 1. The highest BCUT2D eigenvalue weighted by Gasteiger charge is 2.25. The largest absolute Gasteiger partial charge is 0.365 e. The number of hydrogen-bond donors (Lipinski definition) is 1. The summed E-state index contributed by atoms with van der Waals surface area (Å²) >= 11 is 6.50. The van der Waals surface area contributed by atoms with Gasteiger partial charge >= 0.3 is 0 Å². The third kappa shape index (κ3) is 4.30. The second-order valence-corrected chi connectivity index (χ2v) is 7.78. The number of halogens is 1. The molecule has 0 unspecified atom stereocenters. The van der Waals surface area contributed by atoms with Crippen LogP contribution in [-0.2, 0) is 4.79 Å². The van der Waals surface area contributed by atoms with Crippen LogP contribution in [0.3, 0.4) is 0 Å². The van der Waals surface area contributed by atoms with Gasteiger partial charge in [0.2, 0.25) is 5.91 Å². The smallest absolute Gasteiger partial charge is 0.255 e. The van der Waals surface area contributed by atoms with Crippen molar-refractivity contribution in [3.63, 3.8) is 0 Å². The van der Waals surface area contributed by atoms with E-state index >= 15 is 0 Å². The first-order valence-electron chi connectivity index (χ1n) is 9.57. The Kier molecular flexibility index (Phi) is 6.25. The number of piperazine rings is 1. The molecule has 0 aliphatic carbocycles. The lowest BCUT2D eigenvalue weighted by Crippen LogP contribution is -2.50. The van der Waals surface area contributed by atoms with Gasteiger partial charge in [0.15, 0.2) is 0 Å². The molecule has 3 rings (SSSR count). The normalized spacial score (nSPS) is 14.3. The summed E-state index contributed by atoms with van der Waals surface area (Å²) in [6.07, 6.45) is 0. The Morgan fingerprint density at radius 1 is 1.00 bits per heavy atom. The first-order valence-corrected chi connectivity index (χ1v) is 9.95. The monoisotopic (exact) mass is 399 g/mol. The summed E-state index contributed by atoms with van der Waals surface area (Å²) in [5, 5.41) is 3.60. The van der Waals surface area contributed by atoms with Gasteiger partial charge in [0.05, 0.1) is 16.4 Å². The number of nitrogens with zero attached hydrogens (tertiary/aromatic N) is 2. The summed E-state index contributed by atoms with van der Waals surface area (Å²) in [5.41, 5.74) is 3.05. The van der Waals surface area contributed by atoms with Gasteiger partial charge in [0, 0.05) is 37.7 Å². The summed E-state index contributed by atoms with van der Waals surface area (Å²) in [7, 11) is 0. The van der Waals surface area contributed by atoms with E-state index in [-0.39, 0.29) is 17.7 Å². The molecular weight excluding hydrogens is 374 g/mol. The van der Waals surface area contributed by atoms with Crippen molar-refractivity contribution in [3.05, 3.63) is 58.6 Å². The number of amides is 2. The predicted molar refractivity (Wildman–Crippen MR) is 114 cm³/mol. The SMILES string of the molecule is Cc1ccccc1C(=O)Nc1cccc(Cl)c1N1CCN(C(=O)C(C)C)CC1. The zero-order chi connectivity index (χ0) is 20.3. The maximum atomic E-state index is 12.8. The fraction of sp³-hybridized carbons (Fsp3) is 0.364. The number of aryl methyl sites for hydroxylation is 1. The molecule has 0 spiro atoms. The van der Waals surface area contributed by atoms with Gasteiger partial charge in [-0.2, -0.15) is 0 Å². The summed E-state index contributed by atoms with van der Waals surface area (Å²) in [5.74, 6) is 0.0120. The molecule has 0 saturated carbocycles. The van der Waals surface area contributed by atoms with E-state index in [0.29, 0.717) is 42.5 Å². The van der Waals surface area contributed by atoms with E-state index in [1.807, 2.05) is 68.1 Å². The van der Waals surface area contributed by atoms with Gasteiger partial charge in [-0.3, -0.25) is 9.59 Å². The Morgan fingerprint density at radius 2 is 1.68 bits per heavy atom. The number of anilines is 2. The minimum Gasteiger partial charge on any atom is -0.365 e. The number of benzene rings is 2. The van der Waals surface area contributed by atoms with Crippen LogP contribution in [0.4, 0.5) is 11.4 Å². The first kappa shape index (κ1) is 20.2. The molecule has 1 heterocycles. The van der Waals surface area contributed by atoms with E-state index in [1.165, 1.54) is 0 Å². The fourth-order valence-electron chi connectivity index (χ4n) is 3.47. The lowest BCUT2D eigenvalue weighted by atomic mass is 10.1. The molecule has 0 atom stereocenters. The van der Waals surface area contributed by atoms with E-state index < -0.39 is 0 Å². The maximum Gasteiger partial charge on any atom is 0.255 e. The molecule has 2 amide bonds. The highest BCUT2D eigenvalue weighted by Crippen LogP contribution is 2.35. The van der Waals surface area contributed by atoms with E-state index in [0.717, 1.165) is 11.3 Å². The Labute approximate surface area is 171 Å². The number of rotatable bonds is 4. The van der Waals surface area contributed by atoms with Crippen LogP contribution in [-0.4, -0.2) is 42.9 Å². The molecule has 6 heteroatoms. The predicted octanol–water partition coefficient (Wildman–Crippen LogP) is 4.21. The van der Waals surface area contributed by atoms with Crippen molar-refractivity contribution in [1.82, 2.24) is 4.90 Å². The van der Waals surface area contributed by atoms with Crippen LogP contribution in [0.2, 0.25) is 5.02 Å². The quantitative estimate of drug-likeness (QED) is 0.838. The van der Waals surface area contributed by atoms with Crippen molar-refractivity contribution in [2.75, 3.05) is 36.4 Å². The third-order valence-electron chi connectivity index (χ3n) is 5.03. The second kappa shape index (κ2) is 8.65. The molecule has 1 aliphatic rings.